The van der Waals surface area contributed by atoms with Gasteiger partial charge in [-0.2, -0.15) is 5.10 Å². The Bertz CT molecular complexity index is 1280. The van der Waals surface area contributed by atoms with Crippen LogP contribution in [0.15, 0.2) is 42.6 Å². The fourth-order valence-electron chi connectivity index (χ4n) is 4.76. The van der Waals surface area contributed by atoms with E-state index in [1.165, 1.54) is 24.3 Å². The van der Waals surface area contributed by atoms with E-state index in [2.05, 4.69) is 9.84 Å². The van der Waals surface area contributed by atoms with Crippen LogP contribution in [-0.2, 0) is 4.74 Å². The first-order chi connectivity index (χ1) is 17.7. The van der Waals surface area contributed by atoms with E-state index >= 15 is 0 Å². The summed E-state index contributed by atoms with van der Waals surface area (Å²) in [6.45, 7) is 1.55. The molecule has 2 unspecified atom stereocenters. The lowest BCUT2D eigenvalue weighted by Crippen LogP contribution is -2.25. The molecule has 2 aliphatic heterocycles. The lowest BCUT2D eigenvalue weighted by molar-refractivity contribution is -0.0964. The number of pyridine rings is 1. The van der Waals surface area contributed by atoms with Gasteiger partial charge in [0.25, 0.3) is 5.91 Å². The average Bonchev–Trinajstić information content (AvgIpc) is 3.52. The number of hydrogen-bond donors (Lipinski definition) is 2. The van der Waals surface area contributed by atoms with Gasteiger partial charge in [-0.15, -0.1) is 8.78 Å². The molecule has 0 spiro atoms. The molecule has 12 heteroatoms. The first kappa shape index (κ1) is 25.4. The maximum absolute atomic E-state index is 13.0. The van der Waals surface area contributed by atoms with Gasteiger partial charge in [-0.05, 0) is 62.1 Å². The van der Waals surface area contributed by atoms with Crippen LogP contribution in [0.4, 0.5) is 14.6 Å². The maximum atomic E-state index is 13.0. The number of benzene rings is 1. The summed E-state index contributed by atoms with van der Waals surface area (Å²) in [6, 6.07) is 9.10. The van der Waals surface area contributed by atoms with Gasteiger partial charge in [0.2, 0.25) is 0 Å². The number of nitrogens with zero attached hydrogens (tertiary/aromatic N) is 4. The predicted molar refractivity (Wildman–Crippen MR) is 133 cm³/mol. The van der Waals surface area contributed by atoms with E-state index in [1.807, 2.05) is 11.0 Å². The highest BCUT2D eigenvalue weighted by molar-refractivity contribution is 6.20. The van der Waals surface area contributed by atoms with Crippen molar-refractivity contribution in [3.05, 3.63) is 48.2 Å². The molecule has 0 aliphatic carbocycles. The SMILES string of the molecule is NC(=O)c1cc(-c2ccnn2C2CCCCO2)c(N2CCC(O)C2)nc1-c1ccc(OC(F)(F)Cl)cc1. The molecule has 2 fully saturated rings. The van der Waals surface area contributed by atoms with Gasteiger partial charge in [0.1, 0.15) is 11.6 Å². The molecule has 0 bridgehead atoms. The van der Waals surface area contributed by atoms with Gasteiger partial charge in [0.15, 0.2) is 6.23 Å². The van der Waals surface area contributed by atoms with E-state index in [0.717, 1.165) is 19.3 Å². The quantitative estimate of drug-likeness (QED) is 0.438. The number of aliphatic hydroxyl groups excluding tert-OH is 1. The van der Waals surface area contributed by atoms with E-state index in [9.17, 15) is 18.7 Å². The zero-order chi connectivity index (χ0) is 26.2. The number of primary amides is 1. The lowest BCUT2D eigenvalue weighted by atomic mass is 10.0. The monoisotopic (exact) mass is 533 g/mol. The number of hydrogen-bond acceptors (Lipinski definition) is 7. The summed E-state index contributed by atoms with van der Waals surface area (Å²) in [5, 5.41) is 14.7. The Kier molecular flexibility index (Phi) is 7.02. The van der Waals surface area contributed by atoms with Gasteiger partial charge in [-0.3, -0.25) is 4.79 Å². The smallest absolute Gasteiger partial charge is 0.420 e. The van der Waals surface area contributed by atoms with Crippen LogP contribution in [0.5, 0.6) is 5.75 Å². The number of nitrogens with two attached hydrogens (primary N) is 1. The summed E-state index contributed by atoms with van der Waals surface area (Å²) in [6.07, 6.45) is 4.26. The van der Waals surface area contributed by atoms with Crippen molar-refractivity contribution >= 4 is 23.3 Å². The van der Waals surface area contributed by atoms with Crippen LogP contribution in [0.1, 0.15) is 42.3 Å². The molecule has 3 N–H and O–H groups in total. The van der Waals surface area contributed by atoms with E-state index in [1.54, 1.807) is 16.9 Å². The molecule has 2 aliphatic rings. The number of carbonyl (C=O) groups is 1. The Hall–Kier alpha value is -3.28. The lowest BCUT2D eigenvalue weighted by Gasteiger charge is -2.27. The molecule has 1 aromatic carbocycles. The van der Waals surface area contributed by atoms with Gasteiger partial charge in [0, 0.05) is 48.6 Å². The Morgan fingerprint density at radius 2 is 2.00 bits per heavy atom. The summed E-state index contributed by atoms with van der Waals surface area (Å²) in [5.41, 5.74) is 4.14. The molecular weight excluding hydrogens is 508 g/mol. The molecule has 3 aromatic rings. The summed E-state index contributed by atoms with van der Waals surface area (Å²) < 4.78 is 38.2. The zero-order valence-electron chi connectivity index (χ0n) is 19.8. The third-order valence-electron chi connectivity index (χ3n) is 6.47. The molecule has 9 nitrogen and oxygen atoms in total. The second-order valence-corrected chi connectivity index (χ2v) is 9.50. The number of aromatic nitrogens is 3. The molecule has 2 aromatic heterocycles. The van der Waals surface area contributed by atoms with E-state index in [4.69, 9.17) is 27.1 Å². The van der Waals surface area contributed by atoms with Crippen molar-refractivity contribution in [3.63, 3.8) is 0 Å². The van der Waals surface area contributed by atoms with Crippen LogP contribution in [0.2, 0.25) is 0 Å². The Morgan fingerprint density at radius 1 is 1.22 bits per heavy atom. The van der Waals surface area contributed by atoms with Gasteiger partial charge < -0.3 is 25.2 Å². The van der Waals surface area contributed by atoms with E-state index in [-0.39, 0.29) is 23.2 Å². The Balaban J connectivity index is 1.63. The second kappa shape index (κ2) is 10.2. The van der Waals surface area contributed by atoms with Crippen molar-refractivity contribution in [3.8, 4) is 28.3 Å². The number of alkyl halides is 3. The first-order valence-electron chi connectivity index (χ1n) is 12.0. The third kappa shape index (κ3) is 5.53. The minimum atomic E-state index is -3.85. The average molecular weight is 534 g/mol. The summed E-state index contributed by atoms with van der Waals surface area (Å²) in [7, 11) is 0. The first-order valence-corrected chi connectivity index (χ1v) is 12.4. The summed E-state index contributed by atoms with van der Waals surface area (Å²) >= 11 is 4.86. The second-order valence-electron chi connectivity index (χ2n) is 9.06. The largest absolute Gasteiger partial charge is 0.487 e. The van der Waals surface area contributed by atoms with Gasteiger partial charge >= 0.3 is 5.57 Å². The molecule has 196 valence electrons. The molecule has 37 heavy (non-hydrogen) atoms. The molecule has 5 rings (SSSR count). The fourth-order valence-corrected chi connectivity index (χ4v) is 4.85. The maximum Gasteiger partial charge on any atom is 0.487 e. The number of amides is 1. The fraction of sp³-hybridized carbons (Fsp3) is 0.400. The number of ether oxygens (including phenoxy) is 2. The number of anilines is 1. The van der Waals surface area contributed by atoms with Crippen LogP contribution in [-0.4, -0.2) is 57.1 Å². The number of carbonyl (C=O) groups excluding carboxylic acids is 1. The number of β-amino-alcohol motifs (C(OH)–C–C–N with tert-alkyl or cyclic N) is 1. The minimum Gasteiger partial charge on any atom is -0.420 e. The minimum absolute atomic E-state index is 0.146. The van der Waals surface area contributed by atoms with Crippen LogP contribution in [0.25, 0.3) is 22.5 Å². The predicted octanol–water partition coefficient (Wildman–Crippen LogP) is 4.15. The molecule has 0 saturated carbocycles. The number of rotatable bonds is 7. The van der Waals surface area contributed by atoms with Crippen molar-refractivity contribution in [2.24, 2.45) is 5.73 Å². The van der Waals surface area contributed by atoms with E-state index in [0.29, 0.717) is 48.8 Å². The van der Waals surface area contributed by atoms with Crippen LogP contribution < -0.4 is 15.4 Å². The molecule has 2 atom stereocenters. The van der Waals surface area contributed by atoms with Gasteiger partial charge in [-0.25, -0.2) is 9.67 Å². The van der Waals surface area contributed by atoms with Crippen molar-refractivity contribution in [1.82, 2.24) is 14.8 Å². The van der Waals surface area contributed by atoms with Crippen molar-refractivity contribution < 1.29 is 28.2 Å². The van der Waals surface area contributed by atoms with Crippen molar-refractivity contribution in [2.75, 3.05) is 24.6 Å². The van der Waals surface area contributed by atoms with Crippen LogP contribution >= 0.6 is 11.6 Å². The molecule has 0 radical (unpaired) electrons. The van der Waals surface area contributed by atoms with Crippen molar-refractivity contribution in [1.29, 1.82) is 0 Å². The standard InChI is InChI=1S/C25H26ClF2N5O4/c26-25(27,28)37-17-6-4-15(5-7-17)22-19(23(29)35)13-18(24(31-22)32-11-9-16(34)14-32)20-8-10-30-33(20)21-3-1-2-12-36-21/h4-8,10,13,16,21,34H,1-3,9,11-12,14H2,(H2,29,35). The Labute approximate surface area is 216 Å². The highest BCUT2D eigenvalue weighted by Crippen LogP contribution is 2.38. The Morgan fingerprint density at radius 3 is 2.62 bits per heavy atom. The number of aliphatic hydroxyl groups is 1. The normalized spacial score (nSPS) is 20.3. The highest BCUT2D eigenvalue weighted by atomic mass is 35.5. The molecular formula is C25H26ClF2N5O4. The van der Waals surface area contributed by atoms with Gasteiger partial charge in [-0.1, -0.05) is 0 Å². The van der Waals surface area contributed by atoms with Gasteiger partial charge in [0.05, 0.1) is 23.1 Å². The topological polar surface area (TPSA) is 116 Å². The van der Waals surface area contributed by atoms with E-state index < -0.39 is 17.6 Å². The molecule has 4 heterocycles. The molecule has 1 amide bonds. The summed E-state index contributed by atoms with van der Waals surface area (Å²) in [4.78, 5) is 19.4. The molecule has 2 saturated heterocycles. The van der Waals surface area contributed by atoms with Crippen LogP contribution in [0, 0.1) is 0 Å². The summed E-state index contributed by atoms with van der Waals surface area (Å²) in [5.74, 6) is -0.314. The highest BCUT2D eigenvalue weighted by Gasteiger charge is 2.30. The number of halogens is 3. The third-order valence-corrected chi connectivity index (χ3v) is 6.54. The van der Waals surface area contributed by atoms with Crippen LogP contribution in [0.3, 0.4) is 0 Å². The van der Waals surface area contributed by atoms with Crippen molar-refractivity contribution in [2.45, 2.75) is 43.6 Å². The zero-order valence-corrected chi connectivity index (χ0v) is 20.6.